The molecule has 3 fully saturated rings. The summed E-state index contributed by atoms with van der Waals surface area (Å²) in [6.45, 7) is 0. The predicted molar refractivity (Wildman–Crippen MR) is 87.1 cm³/mol. The van der Waals surface area contributed by atoms with Crippen molar-refractivity contribution in [3.05, 3.63) is 41.0 Å². The van der Waals surface area contributed by atoms with Gasteiger partial charge in [0.15, 0.2) is 0 Å². The lowest BCUT2D eigenvalue weighted by Gasteiger charge is -2.37. The van der Waals surface area contributed by atoms with Crippen molar-refractivity contribution in [1.29, 1.82) is 5.26 Å². The van der Waals surface area contributed by atoms with E-state index in [2.05, 4.69) is 0 Å². The van der Waals surface area contributed by atoms with Crippen LogP contribution in [0.4, 0.5) is 0 Å². The van der Waals surface area contributed by atoms with E-state index < -0.39 is 10.0 Å². The van der Waals surface area contributed by atoms with Crippen molar-refractivity contribution in [1.82, 2.24) is 4.31 Å². The van der Waals surface area contributed by atoms with Gasteiger partial charge in [0.25, 0.3) is 0 Å². The molecule has 2 bridgehead atoms. The smallest absolute Gasteiger partial charge is 0.207 e. The second kappa shape index (κ2) is 5.47. The predicted octanol–water partition coefficient (Wildman–Crippen LogP) is 3.35. The number of hydrogen-bond acceptors (Lipinski definition) is 3. The first kappa shape index (κ1) is 14.9. The molecule has 2 saturated heterocycles. The third-order valence-electron chi connectivity index (χ3n) is 5.53. The van der Waals surface area contributed by atoms with Crippen LogP contribution in [0.5, 0.6) is 0 Å². The largest absolute Gasteiger partial charge is 0.243 e. The second-order valence-corrected chi connectivity index (χ2v) is 8.67. The Bertz CT molecular complexity index is 780. The zero-order valence-electron chi connectivity index (χ0n) is 13.0. The first-order chi connectivity index (χ1) is 11.1. The maximum Gasteiger partial charge on any atom is 0.243 e. The quantitative estimate of drug-likeness (QED) is 0.782. The first-order valence-electron chi connectivity index (χ1n) is 8.33. The molecule has 120 valence electrons. The van der Waals surface area contributed by atoms with E-state index in [-0.39, 0.29) is 12.1 Å². The summed E-state index contributed by atoms with van der Waals surface area (Å²) < 4.78 is 27.8. The number of allylic oxidation sites excluding steroid dienone is 1. The Balaban J connectivity index is 1.64. The van der Waals surface area contributed by atoms with E-state index in [0.29, 0.717) is 10.5 Å². The number of hydrogen-bond donors (Lipinski definition) is 0. The third-order valence-corrected chi connectivity index (χ3v) is 7.55. The fraction of sp³-hybridized carbons (Fsp3) is 0.500. The minimum Gasteiger partial charge on any atom is -0.207 e. The molecule has 0 N–H and O–H groups in total. The van der Waals surface area contributed by atoms with Crippen molar-refractivity contribution >= 4 is 10.0 Å². The lowest BCUT2D eigenvalue weighted by molar-refractivity contribution is 0.281. The Labute approximate surface area is 137 Å². The van der Waals surface area contributed by atoms with Gasteiger partial charge in [-0.05, 0) is 69.2 Å². The highest BCUT2D eigenvalue weighted by Gasteiger charge is 2.46. The van der Waals surface area contributed by atoms with Crippen molar-refractivity contribution in [3.8, 4) is 6.07 Å². The SMILES string of the molecule is N#Cc1ccc(S(=O)(=O)N2C3CCC2CC(=C2CCC2)C3)cc1. The Kier molecular flexibility index (Phi) is 3.55. The molecule has 2 unspecified atom stereocenters. The van der Waals surface area contributed by atoms with Crippen molar-refractivity contribution < 1.29 is 8.42 Å². The molecule has 0 radical (unpaired) electrons. The summed E-state index contributed by atoms with van der Waals surface area (Å²) in [5.41, 5.74) is 3.62. The maximum atomic E-state index is 13.0. The van der Waals surface area contributed by atoms with Crippen LogP contribution in [0.2, 0.25) is 0 Å². The highest BCUT2D eigenvalue weighted by Crippen LogP contribution is 2.45. The fourth-order valence-corrected chi connectivity index (χ4v) is 6.05. The van der Waals surface area contributed by atoms with Crippen LogP contribution in [0.1, 0.15) is 50.5 Å². The van der Waals surface area contributed by atoms with Gasteiger partial charge in [-0.1, -0.05) is 11.1 Å². The molecule has 3 aliphatic rings. The number of benzene rings is 1. The molecular weight excluding hydrogens is 308 g/mol. The van der Waals surface area contributed by atoms with Crippen molar-refractivity contribution in [2.45, 2.75) is 61.9 Å². The van der Waals surface area contributed by atoms with Gasteiger partial charge in [-0.25, -0.2) is 8.42 Å². The van der Waals surface area contributed by atoms with E-state index in [1.165, 1.54) is 24.8 Å². The van der Waals surface area contributed by atoms with Crippen molar-refractivity contribution in [2.75, 3.05) is 0 Å². The minimum atomic E-state index is -3.46. The number of rotatable bonds is 2. The highest BCUT2D eigenvalue weighted by molar-refractivity contribution is 7.89. The molecular formula is C18H20N2O2S. The molecule has 0 amide bonds. The summed E-state index contributed by atoms with van der Waals surface area (Å²) in [5, 5.41) is 8.87. The number of piperidine rings is 1. The molecule has 1 saturated carbocycles. The average Bonchev–Trinajstić information content (AvgIpc) is 2.78. The zero-order chi connectivity index (χ0) is 16.0. The number of nitrogens with zero attached hydrogens (tertiary/aromatic N) is 2. The number of sulfonamides is 1. The third kappa shape index (κ3) is 2.41. The van der Waals surface area contributed by atoms with Gasteiger partial charge in [0.2, 0.25) is 10.0 Å². The van der Waals surface area contributed by atoms with Gasteiger partial charge >= 0.3 is 0 Å². The van der Waals surface area contributed by atoms with Crippen LogP contribution in [-0.4, -0.2) is 24.8 Å². The van der Waals surface area contributed by atoms with Gasteiger partial charge in [0, 0.05) is 12.1 Å². The molecule has 0 aromatic heterocycles. The summed E-state index contributed by atoms with van der Waals surface area (Å²) in [7, 11) is -3.46. The normalized spacial score (nSPS) is 27.6. The minimum absolute atomic E-state index is 0.123. The Morgan fingerprint density at radius 1 is 1.00 bits per heavy atom. The molecule has 2 aliphatic heterocycles. The van der Waals surface area contributed by atoms with Crippen LogP contribution in [0.15, 0.2) is 40.3 Å². The van der Waals surface area contributed by atoms with Crippen LogP contribution in [0, 0.1) is 11.3 Å². The van der Waals surface area contributed by atoms with Gasteiger partial charge in [-0.2, -0.15) is 9.57 Å². The van der Waals surface area contributed by atoms with Crippen LogP contribution < -0.4 is 0 Å². The van der Waals surface area contributed by atoms with E-state index in [4.69, 9.17) is 5.26 Å². The van der Waals surface area contributed by atoms with Gasteiger partial charge < -0.3 is 0 Å². The van der Waals surface area contributed by atoms with Crippen LogP contribution in [0.3, 0.4) is 0 Å². The number of nitriles is 1. The van der Waals surface area contributed by atoms with Crippen LogP contribution >= 0.6 is 0 Å². The van der Waals surface area contributed by atoms with E-state index in [0.717, 1.165) is 25.7 Å². The highest BCUT2D eigenvalue weighted by atomic mass is 32.2. The molecule has 4 nitrogen and oxygen atoms in total. The summed E-state index contributed by atoms with van der Waals surface area (Å²) in [6, 6.07) is 8.57. The van der Waals surface area contributed by atoms with Gasteiger partial charge in [0.1, 0.15) is 0 Å². The van der Waals surface area contributed by atoms with E-state index in [9.17, 15) is 8.42 Å². The Morgan fingerprint density at radius 3 is 2.09 bits per heavy atom. The topological polar surface area (TPSA) is 61.2 Å². The summed E-state index contributed by atoms with van der Waals surface area (Å²) in [4.78, 5) is 0.313. The van der Waals surface area contributed by atoms with E-state index >= 15 is 0 Å². The maximum absolute atomic E-state index is 13.0. The monoisotopic (exact) mass is 328 g/mol. The average molecular weight is 328 g/mol. The van der Waals surface area contributed by atoms with Crippen LogP contribution in [-0.2, 0) is 10.0 Å². The second-order valence-electron chi connectivity index (χ2n) is 6.83. The molecule has 4 rings (SSSR count). The first-order valence-corrected chi connectivity index (χ1v) is 9.77. The molecule has 1 aliphatic carbocycles. The lowest BCUT2D eigenvalue weighted by Crippen LogP contribution is -2.44. The molecule has 23 heavy (non-hydrogen) atoms. The van der Waals surface area contributed by atoms with Crippen molar-refractivity contribution in [2.24, 2.45) is 0 Å². The Morgan fingerprint density at radius 2 is 1.61 bits per heavy atom. The summed E-state index contributed by atoms with van der Waals surface area (Å²) in [5.74, 6) is 0. The molecule has 1 aromatic rings. The van der Waals surface area contributed by atoms with Crippen LogP contribution in [0.25, 0.3) is 0 Å². The lowest BCUT2D eigenvalue weighted by atomic mass is 9.83. The summed E-state index contributed by atoms with van der Waals surface area (Å²) in [6.07, 6.45) is 7.51. The van der Waals surface area contributed by atoms with E-state index in [1.54, 1.807) is 34.1 Å². The summed E-state index contributed by atoms with van der Waals surface area (Å²) >= 11 is 0. The molecule has 2 heterocycles. The van der Waals surface area contributed by atoms with Gasteiger partial charge in [0.05, 0.1) is 16.5 Å². The standard InChI is InChI=1S/C18H20N2O2S/c19-12-13-4-8-18(9-5-13)23(21,22)20-16-6-7-17(20)11-15(10-16)14-2-1-3-14/h4-5,8-9,16-17H,1-3,6-7,10-11H2. The fourth-order valence-electron chi connectivity index (χ4n) is 4.19. The Hall–Kier alpha value is -1.64. The molecule has 1 aromatic carbocycles. The zero-order valence-corrected chi connectivity index (χ0v) is 13.8. The molecule has 2 atom stereocenters. The van der Waals surface area contributed by atoms with Gasteiger partial charge in [-0.3, -0.25) is 0 Å². The number of fused-ring (bicyclic) bond motifs is 2. The van der Waals surface area contributed by atoms with Gasteiger partial charge in [-0.15, -0.1) is 0 Å². The van der Waals surface area contributed by atoms with E-state index in [1.807, 2.05) is 6.07 Å². The molecule has 0 spiro atoms. The van der Waals surface area contributed by atoms with Crippen molar-refractivity contribution in [3.63, 3.8) is 0 Å². The molecule has 5 heteroatoms.